The fraction of sp³-hybridized carbons (Fsp3) is 0.455. The molecule has 1 nitrogen and oxygen atoms in total. The molecule has 0 saturated carbocycles. The van der Waals surface area contributed by atoms with E-state index in [-0.39, 0.29) is 5.54 Å². The van der Waals surface area contributed by atoms with Crippen LogP contribution in [0.25, 0.3) is 0 Å². The summed E-state index contributed by atoms with van der Waals surface area (Å²) in [7, 11) is 2.07. The minimum Gasteiger partial charge on any atom is -0.307 e. The zero-order valence-electron chi connectivity index (χ0n) is 15.5. The number of aryl methyl sites for hydroxylation is 2. The fourth-order valence-electron chi connectivity index (χ4n) is 3.49. The summed E-state index contributed by atoms with van der Waals surface area (Å²) in [5.74, 6) is 0.705. The van der Waals surface area contributed by atoms with E-state index in [1.54, 1.807) is 0 Å². The molecule has 0 radical (unpaired) electrons. The Morgan fingerprint density at radius 1 is 1.04 bits per heavy atom. The standard InChI is InChI=1S/C22H31N/c1-7-16(2)15-19-10-8-9-11-21(19)22(5,23-6)20-13-12-17(3)14-18(20)4/h8-14,16,23H,7,15H2,1-6H3/t16-,22-/m1/s1. The summed E-state index contributed by atoms with van der Waals surface area (Å²) < 4.78 is 0. The average molecular weight is 309 g/mol. The molecule has 0 fully saturated rings. The largest absolute Gasteiger partial charge is 0.307 e. The maximum atomic E-state index is 3.60. The summed E-state index contributed by atoms with van der Waals surface area (Å²) in [5, 5.41) is 3.60. The third kappa shape index (κ3) is 3.67. The van der Waals surface area contributed by atoms with Crippen molar-refractivity contribution in [2.24, 2.45) is 5.92 Å². The maximum Gasteiger partial charge on any atom is 0.0664 e. The third-order valence-electron chi connectivity index (χ3n) is 5.24. The summed E-state index contributed by atoms with van der Waals surface area (Å²) >= 11 is 0. The molecule has 2 aromatic rings. The smallest absolute Gasteiger partial charge is 0.0664 e. The van der Waals surface area contributed by atoms with Crippen molar-refractivity contribution >= 4 is 0 Å². The van der Waals surface area contributed by atoms with Crippen LogP contribution in [0, 0.1) is 19.8 Å². The van der Waals surface area contributed by atoms with E-state index in [0.29, 0.717) is 5.92 Å². The van der Waals surface area contributed by atoms with Gasteiger partial charge in [0.05, 0.1) is 5.54 Å². The van der Waals surface area contributed by atoms with E-state index >= 15 is 0 Å². The first-order valence-electron chi connectivity index (χ1n) is 8.77. The van der Waals surface area contributed by atoms with Gasteiger partial charge in [-0.05, 0) is 62.4 Å². The molecule has 0 amide bonds. The number of hydrogen-bond donors (Lipinski definition) is 1. The zero-order chi connectivity index (χ0) is 17.0. The molecule has 0 aliphatic heterocycles. The Bertz CT molecular complexity index is 659. The number of hydrogen-bond acceptors (Lipinski definition) is 1. The highest BCUT2D eigenvalue weighted by Crippen LogP contribution is 2.34. The van der Waals surface area contributed by atoms with Crippen LogP contribution in [0.3, 0.4) is 0 Å². The molecule has 0 aromatic heterocycles. The van der Waals surface area contributed by atoms with Gasteiger partial charge in [-0.15, -0.1) is 0 Å². The summed E-state index contributed by atoms with van der Waals surface area (Å²) in [4.78, 5) is 0. The Morgan fingerprint density at radius 2 is 1.74 bits per heavy atom. The van der Waals surface area contributed by atoms with Crippen LogP contribution in [0.15, 0.2) is 42.5 Å². The van der Waals surface area contributed by atoms with Crippen molar-refractivity contribution in [3.63, 3.8) is 0 Å². The Hall–Kier alpha value is -1.60. The van der Waals surface area contributed by atoms with Crippen molar-refractivity contribution < 1.29 is 0 Å². The quantitative estimate of drug-likeness (QED) is 0.756. The average Bonchev–Trinajstić information content (AvgIpc) is 2.54. The first-order chi connectivity index (χ1) is 10.9. The predicted octanol–water partition coefficient (Wildman–Crippen LogP) is 5.37. The monoisotopic (exact) mass is 309 g/mol. The molecule has 0 heterocycles. The van der Waals surface area contributed by atoms with E-state index in [4.69, 9.17) is 0 Å². The Balaban J connectivity index is 2.56. The van der Waals surface area contributed by atoms with Crippen LogP contribution in [0.2, 0.25) is 0 Å². The van der Waals surface area contributed by atoms with E-state index in [1.807, 2.05) is 0 Å². The van der Waals surface area contributed by atoms with Crippen molar-refractivity contribution in [3.8, 4) is 0 Å². The summed E-state index contributed by atoms with van der Waals surface area (Å²) in [6.07, 6.45) is 2.35. The van der Waals surface area contributed by atoms with Crippen LogP contribution in [0.1, 0.15) is 55.0 Å². The van der Waals surface area contributed by atoms with E-state index in [0.717, 1.165) is 6.42 Å². The van der Waals surface area contributed by atoms with Crippen LogP contribution < -0.4 is 5.32 Å². The highest BCUT2D eigenvalue weighted by Gasteiger charge is 2.30. The van der Waals surface area contributed by atoms with Gasteiger partial charge >= 0.3 is 0 Å². The second-order valence-corrected chi connectivity index (χ2v) is 7.07. The molecule has 0 bridgehead atoms. The van der Waals surface area contributed by atoms with Gasteiger partial charge in [0.2, 0.25) is 0 Å². The minimum atomic E-state index is -0.165. The van der Waals surface area contributed by atoms with Crippen LogP contribution in [-0.4, -0.2) is 7.05 Å². The first-order valence-corrected chi connectivity index (χ1v) is 8.77. The molecular weight excluding hydrogens is 278 g/mol. The van der Waals surface area contributed by atoms with Crippen molar-refractivity contribution in [3.05, 3.63) is 70.3 Å². The first kappa shape index (κ1) is 17.7. The van der Waals surface area contributed by atoms with Crippen LogP contribution in [0.4, 0.5) is 0 Å². The van der Waals surface area contributed by atoms with Gasteiger partial charge < -0.3 is 5.32 Å². The molecule has 0 aliphatic rings. The van der Waals surface area contributed by atoms with Crippen molar-refractivity contribution in [2.75, 3.05) is 7.05 Å². The minimum absolute atomic E-state index is 0.165. The zero-order valence-corrected chi connectivity index (χ0v) is 15.5. The van der Waals surface area contributed by atoms with Gasteiger partial charge in [-0.2, -0.15) is 0 Å². The summed E-state index contributed by atoms with van der Waals surface area (Å²) in [6.45, 7) is 11.3. The van der Waals surface area contributed by atoms with Gasteiger partial charge in [0, 0.05) is 0 Å². The molecule has 0 spiro atoms. The van der Waals surface area contributed by atoms with Gasteiger partial charge in [0.1, 0.15) is 0 Å². The molecule has 2 rings (SSSR count). The summed E-state index contributed by atoms with van der Waals surface area (Å²) in [5.41, 5.74) is 6.72. The lowest BCUT2D eigenvalue weighted by molar-refractivity contribution is 0.469. The predicted molar refractivity (Wildman–Crippen MR) is 101 cm³/mol. The molecule has 1 N–H and O–H groups in total. The molecule has 23 heavy (non-hydrogen) atoms. The van der Waals surface area contributed by atoms with Crippen molar-refractivity contribution in [1.82, 2.24) is 5.32 Å². The second kappa shape index (κ2) is 7.31. The van der Waals surface area contributed by atoms with E-state index in [1.165, 1.54) is 34.2 Å². The molecule has 1 heteroatoms. The molecule has 124 valence electrons. The van der Waals surface area contributed by atoms with Gasteiger partial charge in [-0.1, -0.05) is 68.3 Å². The van der Waals surface area contributed by atoms with Gasteiger partial charge in [-0.3, -0.25) is 0 Å². The summed E-state index contributed by atoms with van der Waals surface area (Å²) in [6, 6.07) is 15.7. The Morgan fingerprint density at radius 3 is 2.35 bits per heavy atom. The van der Waals surface area contributed by atoms with E-state index in [9.17, 15) is 0 Å². The van der Waals surface area contributed by atoms with E-state index < -0.39 is 0 Å². The molecule has 0 saturated heterocycles. The van der Waals surface area contributed by atoms with E-state index in [2.05, 4.69) is 89.4 Å². The lowest BCUT2D eigenvalue weighted by atomic mass is 9.78. The number of benzene rings is 2. The normalized spacial score (nSPS) is 15.2. The lowest BCUT2D eigenvalue weighted by Crippen LogP contribution is -2.39. The highest BCUT2D eigenvalue weighted by atomic mass is 14.9. The maximum absolute atomic E-state index is 3.60. The molecule has 0 aliphatic carbocycles. The number of rotatable bonds is 6. The third-order valence-corrected chi connectivity index (χ3v) is 5.24. The number of nitrogens with one attached hydrogen (secondary N) is 1. The van der Waals surface area contributed by atoms with Crippen molar-refractivity contribution in [2.45, 2.75) is 53.0 Å². The molecular formula is C22H31N. The van der Waals surface area contributed by atoms with Crippen molar-refractivity contribution in [1.29, 1.82) is 0 Å². The van der Waals surface area contributed by atoms with Crippen LogP contribution in [0.5, 0.6) is 0 Å². The Kier molecular flexibility index (Phi) is 5.64. The molecule has 0 unspecified atom stereocenters. The van der Waals surface area contributed by atoms with Gasteiger partial charge in [-0.25, -0.2) is 0 Å². The SMILES string of the molecule is CC[C@@H](C)Cc1ccccc1[C@](C)(NC)c1ccc(C)cc1C. The molecule has 2 aromatic carbocycles. The van der Waals surface area contributed by atoms with Gasteiger partial charge in [0.25, 0.3) is 0 Å². The topological polar surface area (TPSA) is 12.0 Å². The molecule has 2 atom stereocenters. The fourth-order valence-corrected chi connectivity index (χ4v) is 3.49. The Labute approximate surface area is 142 Å². The second-order valence-electron chi connectivity index (χ2n) is 7.07. The van der Waals surface area contributed by atoms with Crippen LogP contribution >= 0.6 is 0 Å². The highest BCUT2D eigenvalue weighted by molar-refractivity contribution is 5.46. The van der Waals surface area contributed by atoms with Crippen LogP contribution in [-0.2, 0) is 12.0 Å². The van der Waals surface area contributed by atoms with Gasteiger partial charge in [0.15, 0.2) is 0 Å². The lowest BCUT2D eigenvalue weighted by Gasteiger charge is -2.34.